The first-order valence-electron chi connectivity index (χ1n) is 5.12. The van der Waals surface area contributed by atoms with Crippen LogP contribution in [0, 0.1) is 12.1 Å². The predicted octanol–water partition coefficient (Wildman–Crippen LogP) is -2.90. The third-order valence-electron chi connectivity index (χ3n) is 2.14. The van der Waals surface area contributed by atoms with Crippen LogP contribution in [0.1, 0.15) is 0 Å². The first kappa shape index (κ1) is 18.0. The summed E-state index contributed by atoms with van der Waals surface area (Å²) < 4.78 is 15.7. The van der Waals surface area contributed by atoms with Gasteiger partial charge in [-0.15, -0.1) is 24.3 Å². The predicted molar refractivity (Wildman–Crippen MR) is 63.7 cm³/mol. The zero-order valence-electron chi connectivity index (χ0n) is 11.7. The van der Waals surface area contributed by atoms with Crippen molar-refractivity contribution in [1.82, 2.24) is 0 Å². The van der Waals surface area contributed by atoms with Crippen molar-refractivity contribution in [3.63, 3.8) is 0 Å². The molecule has 0 aromatic heterocycles. The van der Waals surface area contributed by atoms with Crippen molar-refractivity contribution < 1.29 is 51.9 Å². The van der Waals surface area contributed by atoms with E-state index in [1.54, 1.807) is 26.4 Å². The second kappa shape index (κ2) is 9.02. The Morgan fingerprint density at radius 1 is 0.684 bits per heavy atom. The van der Waals surface area contributed by atoms with Crippen LogP contribution in [0.2, 0.25) is 0 Å². The average molecular weight is 242 g/mol. The largest absolute Gasteiger partial charge is 1.00 e. The summed E-state index contributed by atoms with van der Waals surface area (Å²) in [5, 5.41) is 0. The van der Waals surface area contributed by atoms with Gasteiger partial charge in [0.15, 0.2) is 0 Å². The minimum absolute atomic E-state index is 0. The third-order valence-corrected chi connectivity index (χ3v) is 2.14. The fraction of sp³-hybridized carbons (Fsp3) is 0.143. The van der Waals surface area contributed by atoms with E-state index in [1.165, 1.54) is 0 Å². The van der Waals surface area contributed by atoms with E-state index in [2.05, 4.69) is 12.1 Å². The van der Waals surface area contributed by atoms with Crippen molar-refractivity contribution in [3.05, 3.63) is 48.5 Å². The molecule has 0 heterocycles. The molecule has 2 aromatic carbocycles. The minimum Gasteiger partial charge on any atom is -0.522 e. The van der Waals surface area contributed by atoms with Crippen molar-refractivity contribution in [1.29, 1.82) is 0 Å². The smallest absolute Gasteiger partial charge is 0.522 e. The van der Waals surface area contributed by atoms with E-state index >= 15 is 0 Å². The first-order chi connectivity index (χ1) is 8.31. The summed E-state index contributed by atoms with van der Waals surface area (Å²) >= 11 is 0. The molecule has 0 atom stereocenters. The molecule has 0 aliphatic carbocycles. The molecule has 0 saturated carbocycles. The molecule has 0 bridgehead atoms. The van der Waals surface area contributed by atoms with Crippen LogP contribution < -0.4 is 51.9 Å². The molecule has 0 saturated heterocycles. The molecule has 3 nitrogen and oxygen atoms in total. The number of ether oxygens (including phenoxy) is 3. The Morgan fingerprint density at radius 3 is 1.42 bits per heavy atom. The summed E-state index contributed by atoms with van der Waals surface area (Å²) in [4.78, 5) is 0. The number of hydrogen-bond donors (Lipinski definition) is 0. The number of methoxy groups -OCH3 is 2. The first-order valence-corrected chi connectivity index (χ1v) is 5.12. The Labute approximate surface area is 137 Å². The molecule has 0 N–H and O–H groups in total. The van der Waals surface area contributed by atoms with E-state index < -0.39 is 0 Å². The van der Waals surface area contributed by atoms with Crippen molar-refractivity contribution in [3.8, 4) is 23.0 Å². The molecule has 0 amide bonds. The Balaban J connectivity index is 0.00000162. The van der Waals surface area contributed by atoms with Crippen molar-refractivity contribution in [2.24, 2.45) is 0 Å². The second-order valence-electron chi connectivity index (χ2n) is 3.27. The Bertz CT molecular complexity index is 458. The minimum atomic E-state index is 0. The van der Waals surface area contributed by atoms with Crippen LogP contribution in [0.4, 0.5) is 0 Å². The van der Waals surface area contributed by atoms with Crippen LogP contribution >= 0.6 is 0 Å². The quantitative estimate of drug-likeness (QED) is 0.425. The summed E-state index contributed by atoms with van der Waals surface area (Å²) in [6.07, 6.45) is 0. The van der Waals surface area contributed by atoms with Crippen LogP contribution in [-0.2, 0) is 0 Å². The number of rotatable bonds is 4. The molecule has 0 radical (unpaired) electrons. The van der Waals surface area contributed by atoms with Gasteiger partial charge in [0.2, 0.25) is 0 Å². The number of hydrogen-bond acceptors (Lipinski definition) is 3. The molecule has 0 aliphatic heterocycles. The van der Waals surface area contributed by atoms with E-state index in [0.29, 0.717) is 23.0 Å². The van der Waals surface area contributed by atoms with Gasteiger partial charge in [0.25, 0.3) is 0 Å². The van der Waals surface area contributed by atoms with Crippen molar-refractivity contribution in [2.45, 2.75) is 0 Å². The summed E-state index contributed by atoms with van der Waals surface area (Å²) in [6, 6.07) is 16.8. The summed E-state index contributed by atoms with van der Waals surface area (Å²) in [5.74, 6) is 2.42. The Kier molecular flexibility index (Phi) is 8.56. The standard InChI is InChI=1S/C14H12O3.2Li/c1-15-11-5-3-7-13(9-11)17-14-8-4-6-12(10-14)16-2;;/h3-8H,1-2H3;;/q-2;2*+1. The maximum absolute atomic E-state index is 5.59. The van der Waals surface area contributed by atoms with Gasteiger partial charge in [0, 0.05) is 23.0 Å². The van der Waals surface area contributed by atoms with Gasteiger partial charge in [-0.05, 0) is 0 Å². The van der Waals surface area contributed by atoms with Gasteiger partial charge in [0.05, 0.1) is 14.2 Å². The van der Waals surface area contributed by atoms with E-state index in [9.17, 15) is 0 Å². The van der Waals surface area contributed by atoms with Crippen LogP contribution in [0.25, 0.3) is 0 Å². The maximum Gasteiger partial charge on any atom is 1.00 e. The van der Waals surface area contributed by atoms with E-state index in [-0.39, 0.29) is 37.7 Å². The monoisotopic (exact) mass is 242 g/mol. The SMILES string of the molecule is COc1[c-]c(Oc2[c-]c(OC)ccc2)ccc1.[Li+].[Li+]. The van der Waals surface area contributed by atoms with Gasteiger partial charge in [-0.1, -0.05) is 12.1 Å². The zero-order valence-corrected chi connectivity index (χ0v) is 11.7. The molecule has 19 heavy (non-hydrogen) atoms. The van der Waals surface area contributed by atoms with E-state index in [4.69, 9.17) is 14.2 Å². The molecule has 2 rings (SSSR count). The average Bonchev–Trinajstić information content (AvgIpc) is 2.39. The fourth-order valence-corrected chi connectivity index (χ4v) is 1.33. The van der Waals surface area contributed by atoms with Gasteiger partial charge in [-0.3, -0.25) is 0 Å². The molecular weight excluding hydrogens is 230 g/mol. The molecule has 88 valence electrons. The molecule has 0 unspecified atom stereocenters. The Hall–Kier alpha value is -0.965. The molecule has 2 aromatic rings. The normalized spacial score (nSPS) is 8.74. The van der Waals surface area contributed by atoms with Gasteiger partial charge in [-0.25, -0.2) is 0 Å². The molecule has 0 aliphatic rings. The van der Waals surface area contributed by atoms with Gasteiger partial charge in [-0.2, -0.15) is 12.1 Å². The van der Waals surface area contributed by atoms with Crippen molar-refractivity contribution in [2.75, 3.05) is 14.2 Å². The van der Waals surface area contributed by atoms with E-state index in [1.807, 2.05) is 24.3 Å². The van der Waals surface area contributed by atoms with Crippen molar-refractivity contribution >= 4 is 0 Å². The summed E-state index contributed by atoms with van der Waals surface area (Å²) in [5.41, 5.74) is 0. The van der Waals surface area contributed by atoms with Gasteiger partial charge in [0.1, 0.15) is 0 Å². The molecule has 0 spiro atoms. The topological polar surface area (TPSA) is 27.7 Å². The van der Waals surface area contributed by atoms with Crippen LogP contribution in [0.5, 0.6) is 23.0 Å². The van der Waals surface area contributed by atoms with Crippen LogP contribution in [0.15, 0.2) is 36.4 Å². The summed E-state index contributed by atoms with van der Waals surface area (Å²) in [7, 11) is 3.18. The van der Waals surface area contributed by atoms with Gasteiger partial charge < -0.3 is 14.2 Å². The zero-order chi connectivity index (χ0) is 12.1. The Morgan fingerprint density at radius 2 is 1.05 bits per heavy atom. The van der Waals surface area contributed by atoms with Gasteiger partial charge >= 0.3 is 37.7 Å². The summed E-state index contributed by atoms with van der Waals surface area (Å²) in [6.45, 7) is 0. The maximum atomic E-state index is 5.59. The van der Waals surface area contributed by atoms with Crippen LogP contribution in [-0.4, -0.2) is 14.2 Å². The number of benzene rings is 2. The second-order valence-corrected chi connectivity index (χ2v) is 3.27. The van der Waals surface area contributed by atoms with E-state index in [0.717, 1.165) is 0 Å². The third kappa shape index (κ3) is 5.27. The fourth-order valence-electron chi connectivity index (χ4n) is 1.33. The van der Waals surface area contributed by atoms with Crippen LogP contribution in [0.3, 0.4) is 0 Å². The molecule has 0 fully saturated rings. The molecular formula is C14H12Li2O3. The molecule has 5 heteroatoms.